The van der Waals surface area contributed by atoms with Gasteiger partial charge >= 0.3 is 0 Å². The lowest BCUT2D eigenvalue weighted by molar-refractivity contribution is -0.135. The number of likely N-dealkylation sites (tertiary alicyclic amines) is 1. The first-order valence-electron chi connectivity index (χ1n) is 7.44. The average molecular weight is 251 g/mol. The van der Waals surface area contributed by atoms with E-state index in [2.05, 4.69) is 29.0 Å². The molecule has 1 amide bonds. The van der Waals surface area contributed by atoms with Crippen LogP contribution in [0.2, 0.25) is 0 Å². The number of rotatable bonds is 3. The SMILES string of the molecule is CC(C)NC1CCN(C2CN3CCC2CC3)C1=O. The number of carbonyl (C=O) groups excluding carboxylic acids is 1. The van der Waals surface area contributed by atoms with E-state index in [0.29, 0.717) is 18.0 Å². The predicted molar refractivity (Wildman–Crippen MR) is 71.3 cm³/mol. The van der Waals surface area contributed by atoms with Crippen LogP contribution >= 0.6 is 0 Å². The van der Waals surface area contributed by atoms with Gasteiger partial charge in [0.1, 0.15) is 0 Å². The molecule has 4 rings (SSSR count). The Balaban J connectivity index is 1.65. The van der Waals surface area contributed by atoms with Crippen molar-refractivity contribution in [3.05, 3.63) is 0 Å². The van der Waals surface area contributed by atoms with E-state index in [1.165, 1.54) is 25.9 Å². The minimum absolute atomic E-state index is 0.0699. The smallest absolute Gasteiger partial charge is 0.240 e. The van der Waals surface area contributed by atoms with Crippen LogP contribution in [0.3, 0.4) is 0 Å². The van der Waals surface area contributed by atoms with Crippen molar-refractivity contribution >= 4 is 5.91 Å². The van der Waals surface area contributed by atoms with Crippen molar-refractivity contribution < 1.29 is 4.79 Å². The third-order valence-corrected chi connectivity index (χ3v) is 4.80. The van der Waals surface area contributed by atoms with Gasteiger partial charge < -0.3 is 15.1 Å². The second kappa shape index (κ2) is 4.82. The maximum atomic E-state index is 12.5. The van der Waals surface area contributed by atoms with E-state index in [1.807, 2.05) is 0 Å². The van der Waals surface area contributed by atoms with Crippen LogP contribution in [0.25, 0.3) is 0 Å². The summed E-state index contributed by atoms with van der Waals surface area (Å²) in [6.07, 6.45) is 3.56. The van der Waals surface area contributed by atoms with E-state index in [0.717, 1.165) is 25.4 Å². The second-order valence-corrected chi connectivity index (χ2v) is 6.40. The van der Waals surface area contributed by atoms with Gasteiger partial charge in [0.25, 0.3) is 0 Å². The highest BCUT2D eigenvalue weighted by atomic mass is 16.2. The van der Waals surface area contributed by atoms with Gasteiger partial charge in [-0.2, -0.15) is 0 Å². The third kappa shape index (κ3) is 2.16. The maximum Gasteiger partial charge on any atom is 0.240 e. The molecule has 0 aliphatic carbocycles. The first-order valence-corrected chi connectivity index (χ1v) is 7.44. The molecule has 4 aliphatic heterocycles. The molecule has 4 saturated heterocycles. The summed E-state index contributed by atoms with van der Waals surface area (Å²) >= 11 is 0. The van der Waals surface area contributed by atoms with Gasteiger partial charge in [-0.1, -0.05) is 13.8 Å². The molecule has 18 heavy (non-hydrogen) atoms. The predicted octanol–water partition coefficient (Wildman–Crippen LogP) is 0.679. The molecule has 0 radical (unpaired) electrons. The van der Waals surface area contributed by atoms with Crippen LogP contribution in [0, 0.1) is 5.92 Å². The van der Waals surface area contributed by atoms with Crippen molar-refractivity contribution in [3.8, 4) is 0 Å². The van der Waals surface area contributed by atoms with Gasteiger partial charge in [0.15, 0.2) is 0 Å². The fourth-order valence-corrected chi connectivity index (χ4v) is 3.88. The molecule has 4 heteroatoms. The van der Waals surface area contributed by atoms with E-state index in [4.69, 9.17) is 0 Å². The first-order chi connectivity index (χ1) is 8.65. The van der Waals surface area contributed by atoms with Gasteiger partial charge in [0.05, 0.1) is 6.04 Å². The van der Waals surface area contributed by atoms with Crippen LogP contribution in [0.1, 0.15) is 33.1 Å². The van der Waals surface area contributed by atoms with Gasteiger partial charge in [-0.15, -0.1) is 0 Å². The number of hydrogen-bond donors (Lipinski definition) is 1. The molecule has 1 N–H and O–H groups in total. The molecule has 0 aromatic heterocycles. The van der Waals surface area contributed by atoms with Crippen LogP contribution in [-0.2, 0) is 4.79 Å². The summed E-state index contributed by atoms with van der Waals surface area (Å²) in [7, 11) is 0. The van der Waals surface area contributed by atoms with Crippen molar-refractivity contribution in [1.82, 2.24) is 15.1 Å². The summed E-state index contributed by atoms with van der Waals surface area (Å²) < 4.78 is 0. The summed E-state index contributed by atoms with van der Waals surface area (Å²) in [5.41, 5.74) is 0. The summed E-state index contributed by atoms with van der Waals surface area (Å²) in [6, 6.07) is 0.963. The molecular formula is C14H25N3O. The van der Waals surface area contributed by atoms with Crippen molar-refractivity contribution in [2.45, 2.75) is 51.2 Å². The van der Waals surface area contributed by atoms with Gasteiger partial charge in [-0.05, 0) is 38.3 Å². The fraction of sp³-hybridized carbons (Fsp3) is 0.929. The van der Waals surface area contributed by atoms with Gasteiger partial charge in [-0.25, -0.2) is 0 Å². The number of carbonyl (C=O) groups is 1. The molecule has 102 valence electrons. The average Bonchev–Trinajstić information content (AvgIpc) is 2.72. The maximum absolute atomic E-state index is 12.5. The molecular weight excluding hydrogens is 226 g/mol. The van der Waals surface area contributed by atoms with E-state index in [9.17, 15) is 4.79 Å². The lowest BCUT2D eigenvalue weighted by Crippen LogP contribution is -2.58. The highest BCUT2D eigenvalue weighted by Crippen LogP contribution is 2.32. The molecule has 2 unspecified atom stereocenters. The van der Waals surface area contributed by atoms with Gasteiger partial charge in [0.2, 0.25) is 5.91 Å². The van der Waals surface area contributed by atoms with Crippen LogP contribution in [0.5, 0.6) is 0 Å². The Labute approximate surface area is 110 Å². The molecule has 0 aromatic rings. The van der Waals surface area contributed by atoms with E-state index >= 15 is 0 Å². The van der Waals surface area contributed by atoms with Crippen LogP contribution < -0.4 is 5.32 Å². The van der Waals surface area contributed by atoms with Crippen molar-refractivity contribution in [1.29, 1.82) is 0 Å². The molecule has 4 aliphatic rings. The molecule has 2 atom stereocenters. The fourth-order valence-electron chi connectivity index (χ4n) is 3.88. The van der Waals surface area contributed by atoms with E-state index < -0.39 is 0 Å². The lowest BCUT2D eigenvalue weighted by Gasteiger charge is -2.48. The molecule has 0 spiro atoms. The Hall–Kier alpha value is -0.610. The third-order valence-electron chi connectivity index (χ3n) is 4.80. The van der Waals surface area contributed by atoms with E-state index in [-0.39, 0.29) is 6.04 Å². The minimum atomic E-state index is 0.0699. The lowest BCUT2D eigenvalue weighted by atomic mass is 9.83. The zero-order chi connectivity index (χ0) is 12.7. The molecule has 4 heterocycles. The van der Waals surface area contributed by atoms with Crippen molar-refractivity contribution in [2.24, 2.45) is 5.92 Å². The van der Waals surface area contributed by atoms with E-state index in [1.54, 1.807) is 0 Å². The highest BCUT2D eigenvalue weighted by molar-refractivity contribution is 5.84. The van der Waals surface area contributed by atoms with Crippen LogP contribution in [-0.4, -0.2) is 60.0 Å². The van der Waals surface area contributed by atoms with Gasteiger partial charge in [-0.3, -0.25) is 4.79 Å². The standard InChI is InChI=1S/C14H25N3O/c1-10(2)15-12-5-8-17(14(12)18)13-9-16-6-3-11(13)4-7-16/h10-13,15H,3-9H2,1-2H3. The largest absolute Gasteiger partial charge is 0.337 e. The molecule has 0 saturated carbocycles. The van der Waals surface area contributed by atoms with Crippen molar-refractivity contribution in [3.63, 3.8) is 0 Å². The van der Waals surface area contributed by atoms with Crippen LogP contribution in [0.15, 0.2) is 0 Å². The quantitative estimate of drug-likeness (QED) is 0.801. The molecule has 0 aromatic carbocycles. The Bertz CT molecular complexity index is 323. The Morgan fingerprint density at radius 3 is 2.44 bits per heavy atom. The molecule has 4 fully saturated rings. The minimum Gasteiger partial charge on any atom is -0.337 e. The first kappa shape index (κ1) is 12.4. The topological polar surface area (TPSA) is 35.6 Å². The highest BCUT2D eigenvalue weighted by Gasteiger charge is 2.43. The normalized spacial score (nSPS) is 39.9. The summed E-state index contributed by atoms with van der Waals surface area (Å²) in [6.45, 7) is 8.80. The van der Waals surface area contributed by atoms with Crippen LogP contribution in [0.4, 0.5) is 0 Å². The summed E-state index contributed by atoms with van der Waals surface area (Å²) in [4.78, 5) is 17.2. The van der Waals surface area contributed by atoms with Gasteiger partial charge in [0, 0.05) is 25.2 Å². The number of piperidine rings is 3. The number of nitrogens with one attached hydrogen (secondary N) is 1. The Morgan fingerprint density at radius 1 is 1.17 bits per heavy atom. The zero-order valence-corrected chi connectivity index (χ0v) is 11.6. The second-order valence-electron chi connectivity index (χ2n) is 6.40. The number of nitrogens with zero attached hydrogens (tertiary/aromatic N) is 2. The monoisotopic (exact) mass is 251 g/mol. The summed E-state index contributed by atoms with van der Waals surface area (Å²) in [5, 5.41) is 3.40. The molecule has 4 nitrogen and oxygen atoms in total. The summed E-state index contributed by atoms with van der Waals surface area (Å²) in [5.74, 6) is 1.11. The number of amides is 1. The number of fused-ring (bicyclic) bond motifs is 3. The number of hydrogen-bond acceptors (Lipinski definition) is 3. The molecule has 2 bridgehead atoms. The zero-order valence-electron chi connectivity index (χ0n) is 11.6. The van der Waals surface area contributed by atoms with Crippen molar-refractivity contribution in [2.75, 3.05) is 26.2 Å². The Kier molecular flexibility index (Phi) is 3.32. The Morgan fingerprint density at radius 2 is 1.89 bits per heavy atom.